The highest BCUT2D eigenvalue weighted by Gasteiger charge is 2.02. The molecular formula is C11H21N. The molecule has 0 aliphatic carbocycles. The van der Waals surface area contributed by atoms with Crippen LogP contribution in [0.2, 0.25) is 0 Å². The Labute approximate surface area is 76.6 Å². The minimum atomic E-state index is 0.688. The number of aliphatic imine (C=N–C) groups is 1. The van der Waals surface area contributed by atoms with Gasteiger partial charge in [0.05, 0.1) is 0 Å². The van der Waals surface area contributed by atoms with Crippen molar-refractivity contribution in [3.63, 3.8) is 0 Å². The molecular weight excluding hydrogens is 146 g/mol. The van der Waals surface area contributed by atoms with Crippen LogP contribution in [0, 0.1) is 5.92 Å². The van der Waals surface area contributed by atoms with Gasteiger partial charge in [-0.2, -0.15) is 0 Å². The third-order valence-electron chi connectivity index (χ3n) is 2.44. The van der Waals surface area contributed by atoms with E-state index in [2.05, 4.69) is 39.6 Å². The molecule has 1 unspecified atom stereocenters. The fourth-order valence-corrected chi connectivity index (χ4v) is 1.02. The summed E-state index contributed by atoms with van der Waals surface area (Å²) in [5.41, 5.74) is 2.79. The Balaban J connectivity index is 4.34. The third kappa shape index (κ3) is 3.70. The first kappa shape index (κ1) is 11.4. The quantitative estimate of drug-likeness (QED) is 0.569. The second kappa shape index (κ2) is 5.99. The maximum absolute atomic E-state index is 4.23. The molecule has 0 rings (SSSR count). The highest BCUT2D eigenvalue weighted by atomic mass is 14.7. The highest BCUT2D eigenvalue weighted by molar-refractivity contribution is 5.78. The van der Waals surface area contributed by atoms with Gasteiger partial charge >= 0.3 is 0 Å². The second-order valence-electron chi connectivity index (χ2n) is 3.30. The van der Waals surface area contributed by atoms with Gasteiger partial charge in [0.1, 0.15) is 0 Å². The topological polar surface area (TPSA) is 12.4 Å². The molecule has 0 aromatic rings. The number of nitrogens with zero attached hydrogens (tertiary/aromatic N) is 1. The van der Waals surface area contributed by atoms with Gasteiger partial charge < -0.3 is 0 Å². The predicted molar refractivity (Wildman–Crippen MR) is 56.9 cm³/mol. The summed E-state index contributed by atoms with van der Waals surface area (Å²) in [6, 6.07) is 0. The zero-order valence-corrected chi connectivity index (χ0v) is 9.02. The van der Waals surface area contributed by atoms with Gasteiger partial charge in [-0.05, 0) is 38.7 Å². The van der Waals surface area contributed by atoms with Gasteiger partial charge in [0.15, 0.2) is 0 Å². The van der Waals surface area contributed by atoms with Gasteiger partial charge in [0, 0.05) is 12.8 Å². The number of rotatable bonds is 4. The average Bonchev–Trinajstić information content (AvgIpc) is 2.11. The first-order valence-electron chi connectivity index (χ1n) is 4.80. The van der Waals surface area contributed by atoms with E-state index in [4.69, 9.17) is 0 Å². The Morgan fingerprint density at radius 3 is 2.33 bits per heavy atom. The van der Waals surface area contributed by atoms with Crippen molar-refractivity contribution >= 4 is 6.21 Å². The van der Waals surface area contributed by atoms with E-state index in [9.17, 15) is 0 Å². The van der Waals surface area contributed by atoms with Crippen LogP contribution >= 0.6 is 0 Å². The van der Waals surface area contributed by atoms with Gasteiger partial charge in [0.2, 0.25) is 0 Å². The highest BCUT2D eigenvalue weighted by Crippen LogP contribution is 2.16. The van der Waals surface area contributed by atoms with E-state index in [1.165, 1.54) is 17.6 Å². The van der Waals surface area contributed by atoms with Crippen LogP contribution in [0.25, 0.3) is 0 Å². The minimum Gasteiger partial charge on any atom is -0.293 e. The molecule has 0 N–H and O–H groups in total. The van der Waals surface area contributed by atoms with Crippen molar-refractivity contribution < 1.29 is 0 Å². The summed E-state index contributed by atoms with van der Waals surface area (Å²) in [6.07, 6.45) is 3.20. The maximum Gasteiger partial charge on any atom is 0.0361 e. The first-order chi connectivity index (χ1) is 5.63. The Hall–Kier alpha value is -0.590. The summed E-state index contributed by atoms with van der Waals surface area (Å²) in [5, 5.41) is 0. The van der Waals surface area contributed by atoms with E-state index in [-0.39, 0.29) is 0 Å². The summed E-state index contributed by atoms with van der Waals surface area (Å²) in [7, 11) is 0. The lowest BCUT2D eigenvalue weighted by Gasteiger charge is -2.10. The molecule has 0 bridgehead atoms. The van der Waals surface area contributed by atoms with Crippen LogP contribution in [0.3, 0.4) is 0 Å². The Bertz CT molecular complexity index is 177. The molecule has 0 aliphatic rings. The van der Waals surface area contributed by atoms with Crippen LogP contribution in [0.15, 0.2) is 16.1 Å². The first-order valence-corrected chi connectivity index (χ1v) is 4.80. The molecule has 0 spiro atoms. The molecule has 0 heterocycles. The van der Waals surface area contributed by atoms with Gasteiger partial charge in [-0.1, -0.05) is 19.4 Å². The summed E-state index contributed by atoms with van der Waals surface area (Å²) in [5.74, 6) is 0.688. The summed E-state index contributed by atoms with van der Waals surface area (Å²) < 4.78 is 0. The zero-order chi connectivity index (χ0) is 9.56. The Morgan fingerprint density at radius 2 is 1.92 bits per heavy atom. The van der Waals surface area contributed by atoms with Crippen molar-refractivity contribution in [1.82, 2.24) is 0 Å². The molecule has 1 nitrogen and oxygen atoms in total. The van der Waals surface area contributed by atoms with Crippen LogP contribution in [0.1, 0.15) is 41.0 Å². The number of allylic oxidation sites excluding steroid dienone is 2. The van der Waals surface area contributed by atoms with E-state index in [1.807, 2.05) is 6.21 Å². The molecule has 12 heavy (non-hydrogen) atoms. The smallest absolute Gasteiger partial charge is 0.0361 e. The summed E-state index contributed by atoms with van der Waals surface area (Å²) >= 11 is 0. The van der Waals surface area contributed by atoms with E-state index in [0.717, 1.165) is 6.54 Å². The van der Waals surface area contributed by atoms with Crippen molar-refractivity contribution in [1.29, 1.82) is 0 Å². The van der Waals surface area contributed by atoms with Crippen molar-refractivity contribution in [2.24, 2.45) is 10.9 Å². The largest absolute Gasteiger partial charge is 0.293 e. The summed E-state index contributed by atoms with van der Waals surface area (Å²) in [4.78, 5) is 4.23. The van der Waals surface area contributed by atoms with Crippen molar-refractivity contribution in [2.75, 3.05) is 6.54 Å². The normalized spacial score (nSPS) is 16.4. The van der Waals surface area contributed by atoms with Crippen LogP contribution in [-0.4, -0.2) is 12.8 Å². The van der Waals surface area contributed by atoms with E-state index >= 15 is 0 Å². The van der Waals surface area contributed by atoms with E-state index in [1.54, 1.807) is 0 Å². The van der Waals surface area contributed by atoms with Crippen LogP contribution < -0.4 is 0 Å². The molecule has 0 amide bonds. The Kier molecular flexibility index (Phi) is 5.69. The SMILES string of the molecule is CCN=C/C(C)=C(\C)C(C)CC. The number of hydrogen-bond acceptors (Lipinski definition) is 1. The van der Waals surface area contributed by atoms with E-state index < -0.39 is 0 Å². The molecule has 0 fully saturated rings. The molecule has 0 saturated heterocycles. The standard InChI is InChI=1S/C11H21N/c1-6-9(3)11(5)10(4)8-12-7-2/h8-9H,6-7H2,1-5H3/b11-10+,12-8?. The fraction of sp³-hybridized carbons (Fsp3) is 0.727. The van der Waals surface area contributed by atoms with E-state index in [0.29, 0.717) is 5.92 Å². The average molecular weight is 167 g/mol. The molecule has 1 heteroatoms. The zero-order valence-electron chi connectivity index (χ0n) is 9.02. The maximum atomic E-state index is 4.23. The molecule has 0 saturated carbocycles. The lowest BCUT2D eigenvalue weighted by molar-refractivity contribution is 0.652. The van der Waals surface area contributed by atoms with Gasteiger partial charge in [-0.3, -0.25) is 4.99 Å². The third-order valence-corrected chi connectivity index (χ3v) is 2.44. The van der Waals surface area contributed by atoms with Gasteiger partial charge in [-0.15, -0.1) is 0 Å². The van der Waals surface area contributed by atoms with Gasteiger partial charge in [-0.25, -0.2) is 0 Å². The molecule has 70 valence electrons. The van der Waals surface area contributed by atoms with Crippen molar-refractivity contribution in [3.05, 3.63) is 11.1 Å². The molecule has 1 atom stereocenters. The fourth-order valence-electron chi connectivity index (χ4n) is 1.02. The molecule has 0 aromatic carbocycles. The monoisotopic (exact) mass is 167 g/mol. The lowest BCUT2D eigenvalue weighted by Crippen LogP contribution is -1.98. The Morgan fingerprint density at radius 1 is 1.33 bits per heavy atom. The van der Waals surface area contributed by atoms with Crippen LogP contribution in [-0.2, 0) is 0 Å². The minimum absolute atomic E-state index is 0.688. The summed E-state index contributed by atoms with van der Waals surface area (Å²) in [6.45, 7) is 11.8. The molecule has 0 aliphatic heterocycles. The number of hydrogen-bond donors (Lipinski definition) is 0. The van der Waals surface area contributed by atoms with Crippen LogP contribution in [0.4, 0.5) is 0 Å². The van der Waals surface area contributed by atoms with Crippen LogP contribution in [0.5, 0.6) is 0 Å². The molecule has 0 radical (unpaired) electrons. The van der Waals surface area contributed by atoms with Crippen molar-refractivity contribution in [3.8, 4) is 0 Å². The van der Waals surface area contributed by atoms with Crippen molar-refractivity contribution in [2.45, 2.75) is 41.0 Å². The molecule has 0 aromatic heterocycles. The second-order valence-corrected chi connectivity index (χ2v) is 3.30. The predicted octanol–water partition coefficient (Wildman–Crippen LogP) is 3.46. The van der Waals surface area contributed by atoms with Gasteiger partial charge in [0.25, 0.3) is 0 Å². The lowest BCUT2D eigenvalue weighted by atomic mass is 9.96.